The lowest BCUT2D eigenvalue weighted by molar-refractivity contribution is -0.137. The molecule has 0 saturated carbocycles. The number of benzene rings is 7. The minimum absolute atomic E-state index is 0.0258. The molecular formula is C102H109N19O16. The second-order valence-corrected chi connectivity index (χ2v) is 32.0. The lowest BCUT2D eigenvalue weighted by atomic mass is 10.0. The molecule has 7 heterocycles. The molecule has 13 aromatic rings. The van der Waals surface area contributed by atoms with Gasteiger partial charge in [-0.2, -0.15) is 0 Å². The van der Waals surface area contributed by atoms with Crippen molar-refractivity contribution in [1.82, 2.24) is 81.1 Å². The zero-order valence-electron chi connectivity index (χ0n) is 75.3. The van der Waals surface area contributed by atoms with Crippen LogP contribution in [0.3, 0.4) is 0 Å². The fourth-order valence-corrected chi connectivity index (χ4v) is 15.0. The van der Waals surface area contributed by atoms with Crippen LogP contribution in [-0.2, 0) is 135 Å². The van der Waals surface area contributed by atoms with E-state index in [1.807, 2.05) is 168 Å². The lowest BCUT2D eigenvalue weighted by Crippen LogP contribution is -2.42. The van der Waals surface area contributed by atoms with Crippen LogP contribution in [0.5, 0.6) is 34.5 Å². The van der Waals surface area contributed by atoms with E-state index in [1.165, 1.54) is 12.2 Å². The van der Waals surface area contributed by atoms with Gasteiger partial charge in [-0.15, -0.1) is 0 Å². The summed E-state index contributed by atoms with van der Waals surface area (Å²) in [5.41, 5.74) is 19.3. The van der Waals surface area contributed by atoms with Crippen molar-refractivity contribution in [3.8, 4) is 34.5 Å². The molecule has 35 heteroatoms. The van der Waals surface area contributed by atoms with Crippen molar-refractivity contribution in [1.29, 1.82) is 0 Å². The highest BCUT2D eigenvalue weighted by Crippen LogP contribution is 2.35. The molecule has 35 nitrogen and oxygen atoms in total. The number of nitrogens with zero attached hydrogens (tertiary/aromatic N) is 11. The summed E-state index contributed by atoms with van der Waals surface area (Å²) in [5, 5.41) is 81.6. The highest BCUT2D eigenvalue weighted by atomic mass is 16.5. The van der Waals surface area contributed by atoms with Crippen LogP contribution in [0.1, 0.15) is 84.8 Å². The average Bonchev–Trinajstić information content (AvgIpc) is 1.78. The minimum atomic E-state index is -0.799. The number of urea groups is 1. The Hall–Kier alpha value is -15.7. The van der Waals surface area contributed by atoms with E-state index >= 15 is 0 Å². The SMILES string of the molecule is NCC(=O)NCC(=O)Nc1cc2cccnc2c2ncccc12.NNCC(=O)C(=O)CNC(=O)NCc1cc(CN(Cc2ccccn2)Cc2ccccc2O)c(O)c(CN(Cc2ccccn2)Cc2ccccc2O)c1.O=C(CCOCCOCCN1C(=O)C=CC1=O)NCc1cc(CN(Cc2ccccn2)Cc2ccccc2O)c(O)c(CN(Cc2ccccn2)Cc2ccccc2O)c1. The smallest absolute Gasteiger partial charge is 0.315 e. The summed E-state index contributed by atoms with van der Waals surface area (Å²) in [6.45, 7) is 4.26. The average molecular weight is 1860 g/mol. The van der Waals surface area contributed by atoms with Crippen molar-refractivity contribution in [2.75, 3.05) is 64.5 Å². The molecule has 1 aliphatic heterocycles. The van der Waals surface area contributed by atoms with Crippen LogP contribution in [-0.4, -0.2) is 191 Å². The standard InChI is InChI=1S/C46H50N6O8.C40H44N8O6.C16H15N5O2/c53-41-13-3-1-9-35(41)28-50(32-39-11-5-7-18-47-39)30-37-25-34(27-49-43(55)17-21-59-23-24-60-22-20-52-44(56)15-16-45(52)57)26-38(46(37)58)31-51(33-40-12-6-8-19-48-40)29-36-10-2-4-14-42(36)54;41-46-21-38(52)37(51)20-45-40(54)44-19-28-17-31(24-47(26-33-11-5-7-15-42-33)22-29-9-1-3-13-35(29)49)39(53)32(18-28)25-48(27-34-12-6-8-16-43-34)23-30-10-2-4-14-36(30)50;17-8-13(22)20-9-14(23)21-12-7-10-3-1-5-18-15(10)16-11(12)4-2-6-19-16/h1-16,18-19,25-26,53-54,58H,17,20-24,27-33H2,(H,49,55);1-18,46,49-50,53H,19-27,41H2,(H2,44,45,54);1-7H,8-9,17H2,(H,20,22)(H,21,23). The van der Waals surface area contributed by atoms with Crippen LogP contribution >= 0.6 is 0 Å². The molecule has 6 aromatic heterocycles. The number of imide groups is 1. The van der Waals surface area contributed by atoms with E-state index in [1.54, 1.807) is 104 Å². The summed E-state index contributed by atoms with van der Waals surface area (Å²) in [4.78, 5) is 132. The number of hydrazine groups is 1. The fourth-order valence-electron chi connectivity index (χ4n) is 15.0. The third-order valence-electron chi connectivity index (χ3n) is 21.7. The number of hydrogen-bond acceptors (Lipinski definition) is 29. The second-order valence-electron chi connectivity index (χ2n) is 32.0. The molecule has 1 aliphatic rings. The van der Waals surface area contributed by atoms with Crippen LogP contribution in [0.25, 0.3) is 21.8 Å². The Labute approximate surface area is 790 Å². The van der Waals surface area contributed by atoms with Crippen LogP contribution in [0.2, 0.25) is 0 Å². The minimum Gasteiger partial charge on any atom is -0.508 e. The van der Waals surface area contributed by atoms with E-state index in [2.05, 4.69) is 71.7 Å². The summed E-state index contributed by atoms with van der Waals surface area (Å²) in [6, 6.07) is 67.0. The number of anilines is 1. The monoisotopic (exact) mass is 1860 g/mol. The number of nitrogens with two attached hydrogens (primary N) is 2. The molecule has 7 amide bonds. The van der Waals surface area contributed by atoms with Crippen LogP contribution in [0, 0.1) is 0 Å². The first-order valence-electron chi connectivity index (χ1n) is 44.2. The Morgan fingerprint density at radius 2 is 0.737 bits per heavy atom. The molecule has 708 valence electrons. The summed E-state index contributed by atoms with van der Waals surface area (Å²) < 4.78 is 11.1. The zero-order chi connectivity index (χ0) is 96.6. The first kappa shape index (κ1) is 100. The fraction of sp³-hybridized carbons (Fsp3) is 0.235. The molecule has 0 atom stereocenters. The number of fused-ring (bicyclic) bond motifs is 3. The Bertz CT molecular complexity index is 6020. The van der Waals surface area contributed by atoms with Gasteiger partial charge in [0.25, 0.3) is 11.8 Å². The number of phenols is 6. The predicted octanol–water partition coefficient (Wildman–Crippen LogP) is 9.16. The highest BCUT2D eigenvalue weighted by Gasteiger charge is 2.26. The van der Waals surface area contributed by atoms with Crippen molar-refractivity contribution in [2.45, 2.75) is 98.0 Å². The van der Waals surface area contributed by atoms with E-state index in [9.17, 15) is 69.0 Å². The van der Waals surface area contributed by atoms with Gasteiger partial charge < -0.3 is 72.4 Å². The molecule has 7 aromatic carbocycles. The Kier molecular flexibility index (Phi) is 38.1. The number of carbonyl (C=O) groups excluding carboxylic acids is 8. The van der Waals surface area contributed by atoms with Gasteiger partial charge in [0, 0.05) is 203 Å². The van der Waals surface area contributed by atoms with Gasteiger partial charge in [0.05, 0.1) is 98.6 Å². The molecule has 0 radical (unpaired) electrons. The number of aromatic nitrogens is 6. The van der Waals surface area contributed by atoms with E-state index in [-0.39, 0.29) is 149 Å². The maximum absolute atomic E-state index is 13.0. The summed E-state index contributed by atoms with van der Waals surface area (Å²) in [5.74, 6) is 2.68. The molecule has 0 spiro atoms. The molecule has 0 bridgehead atoms. The van der Waals surface area contributed by atoms with Crippen molar-refractivity contribution >= 4 is 74.6 Å². The van der Waals surface area contributed by atoms with E-state index in [4.69, 9.17) is 21.1 Å². The van der Waals surface area contributed by atoms with Crippen LogP contribution in [0.4, 0.5) is 10.5 Å². The zero-order valence-corrected chi connectivity index (χ0v) is 75.3. The van der Waals surface area contributed by atoms with Crippen molar-refractivity contribution < 1.29 is 78.5 Å². The van der Waals surface area contributed by atoms with E-state index in [0.717, 1.165) is 60.7 Å². The number of carbonyl (C=O) groups is 8. The van der Waals surface area contributed by atoms with Gasteiger partial charge in [0.2, 0.25) is 29.3 Å². The first-order valence-corrected chi connectivity index (χ1v) is 44.2. The number of aromatic hydroxyl groups is 6. The number of nitrogens with one attached hydrogen (secondary N) is 6. The number of Topliss-reactive ketones (excluding diaryl/α,β-unsaturated/α-hetero) is 2. The summed E-state index contributed by atoms with van der Waals surface area (Å²) in [6.07, 6.45) is 12.8. The number of ketones is 2. The third kappa shape index (κ3) is 31.5. The number of phenolic OH excluding ortho intramolecular Hbond substituents is 6. The quantitative estimate of drug-likeness (QED) is 0.00422. The van der Waals surface area contributed by atoms with E-state index < -0.39 is 24.1 Å². The first-order chi connectivity index (χ1) is 66.6. The molecular weight excluding hydrogens is 1750 g/mol. The van der Waals surface area contributed by atoms with Gasteiger partial charge >= 0.3 is 6.03 Å². The topological polar surface area (TPSA) is 494 Å². The second kappa shape index (κ2) is 52.1. The predicted molar refractivity (Wildman–Crippen MR) is 512 cm³/mol. The molecule has 0 unspecified atom stereocenters. The Morgan fingerprint density at radius 3 is 1.15 bits per heavy atom. The molecule has 137 heavy (non-hydrogen) atoms. The van der Waals surface area contributed by atoms with Gasteiger partial charge in [-0.1, -0.05) is 103 Å². The molecule has 16 N–H and O–H groups in total. The molecule has 14 rings (SSSR count). The van der Waals surface area contributed by atoms with Crippen molar-refractivity contribution in [2.24, 2.45) is 11.6 Å². The van der Waals surface area contributed by atoms with Gasteiger partial charge in [0.1, 0.15) is 34.5 Å². The number of rotatable bonds is 46. The summed E-state index contributed by atoms with van der Waals surface area (Å²) in [7, 11) is 0. The van der Waals surface area contributed by atoms with Crippen LogP contribution in [0.15, 0.2) is 274 Å². The Morgan fingerprint density at radius 1 is 0.358 bits per heavy atom. The van der Waals surface area contributed by atoms with E-state index in [0.29, 0.717) is 116 Å². The Balaban J connectivity index is 0.000000201. The maximum atomic E-state index is 13.0. The highest BCUT2D eigenvalue weighted by molar-refractivity contribution is 6.39. The normalized spacial score (nSPS) is 11.6. The van der Waals surface area contributed by atoms with Gasteiger partial charge in [0.15, 0.2) is 0 Å². The van der Waals surface area contributed by atoms with Crippen molar-refractivity contribution in [3.05, 3.63) is 352 Å². The lowest BCUT2D eigenvalue weighted by Gasteiger charge is -2.26. The molecule has 0 aliphatic carbocycles. The summed E-state index contributed by atoms with van der Waals surface area (Å²) >= 11 is 0. The van der Waals surface area contributed by atoms with Gasteiger partial charge in [-0.3, -0.25) is 99.2 Å². The number of amides is 7. The van der Waals surface area contributed by atoms with Gasteiger partial charge in [-0.05, 0) is 132 Å². The molecule has 0 saturated heterocycles. The number of para-hydroxylation sites is 4. The third-order valence-corrected chi connectivity index (χ3v) is 21.7. The van der Waals surface area contributed by atoms with Crippen molar-refractivity contribution in [3.63, 3.8) is 0 Å². The molecule has 0 fully saturated rings. The number of ether oxygens (including phenoxy) is 2. The number of hydrogen-bond donors (Lipinski definition) is 14. The van der Waals surface area contributed by atoms with Gasteiger partial charge in [-0.25, -0.2) is 4.79 Å². The van der Waals surface area contributed by atoms with Crippen LogP contribution < -0.4 is 43.6 Å². The largest absolute Gasteiger partial charge is 0.508 e. The maximum Gasteiger partial charge on any atom is 0.315 e. The number of pyridine rings is 6.